The van der Waals surface area contributed by atoms with Crippen molar-refractivity contribution >= 4 is 21.9 Å². The van der Waals surface area contributed by atoms with Gasteiger partial charge in [-0.15, -0.1) is 0 Å². The molecule has 0 bridgehead atoms. The second-order valence-electron chi connectivity index (χ2n) is 4.06. The van der Waals surface area contributed by atoms with Crippen LogP contribution in [-0.2, 0) is 10.2 Å². The molecule has 0 saturated heterocycles. The van der Waals surface area contributed by atoms with Crippen molar-refractivity contribution in [2.24, 2.45) is 0 Å². The van der Waals surface area contributed by atoms with Crippen molar-refractivity contribution in [1.82, 2.24) is 4.98 Å². The molecule has 1 heterocycles. The van der Waals surface area contributed by atoms with Gasteiger partial charge in [0.1, 0.15) is 0 Å². The van der Waals surface area contributed by atoms with Gasteiger partial charge in [0.2, 0.25) is 5.88 Å². The molecule has 4 nitrogen and oxygen atoms in total. The molecule has 0 radical (unpaired) electrons. The Kier molecular flexibility index (Phi) is 2.88. The van der Waals surface area contributed by atoms with E-state index in [2.05, 4.69) is 20.9 Å². The summed E-state index contributed by atoms with van der Waals surface area (Å²) in [4.78, 5) is 15.0. The predicted octanol–water partition coefficient (Wildman–Crippen LogP) is 2.36. The maximum absolute atomic E-state index is 10.8. The molecule has 1 aromatic heterocycles. The van der Waals surface area contributed by atoms with Gasteiger partial charge in [-0.05, 0) is 34.8 Å². The molecule has 1 aromatic rings. The Morgan fingerprint density at radius 2 is 2.38 bits per heavy atom. The molecular weight excluding hydrogens is 274 g/mol. The summed E-state index contributed by atoms with van der Waals surface area (Å²) >= 11 is 3.35. The minimum absolute atomic E-state index is 0.140. The lowest BCUT2D eigenvalue weighted by Crippen LogP contribution is -2.14. The van der Waals surface area contributed by atoms with Crippen LogP contribution in [0.3, 0.4) is 0 Å². The molecule has 1 aliphatic rings. The van der Waals surface area contributed by atoms with E-state index in [0.717, 1.165) is 22.9 Å². The monoisotopic (exact) mass is 285 g/mol. The van der Waals surface area contributed by atoms with Crippen molar-refractivity contribution in [2.45, 2.75) is 24.7 Å². The number of aromatic nitrogens is 1. The zero-order valence-corrected chi connectivity index (χ0v) is 10.5. The third-order valence-electron chi connectivity index (χ3n) is 2.93. The van der Waals surface area contributed by atoms with Gasteiger partial charge >= 0.3 is 5.97 Å². The van der Waals surface area contributed by atoms with Crippen LogP contribution in [-0.4, -0.2) is 23.2 Å². The van der Waals surface area contributed by atoms with E-state index < -0.39 is 5.97 Å². The molecule has 0 amide bonds. The van der Waals surface area contributed by atoms with Gasteiger partial charge in [-0.25, -0.2) is 4.98 Å². The predicted molar refractivity (Wildman–Crippen MR) is 61.7 cm³/mol. The molecule has 0 unspecified atom stereocenters. The van der Waals surface area contributed by atoms with Gasteiger partial charge in [-0.1, -0.05) is 0 Å². The fraction of sp³-hybridized carbons (Fsp3) is 0.455. The second kappa shape index (κ2) is 4.05. The smallest absolute Gasteiger partial charge is 0.304 e. The molecule has 0 atom stereocenters. The Bertz CT molecular complexity index is 429. The molecule has 86 valence electrons. The molecule has 1 saturated carbocycles. The largest absolute Gasteiger partial charge is 0.481 e. The topological polar surface area (TPSA) is 59.4 Å². The van der Waals surface area contributed by atoms with Crippen LogP contribution in [0.5, 0.6) is 5.88 Å². The standard InChI is InChI=1S/C11H12BrNO3/c1-16-10-8(4-7(12)6-13-10)11(2-3-11)5-9(14)15/h4,6H,2-3,5H2,1H3,(H,14,15). The highest BCUT2D eigenvalue weighted by Crippen LogP contribution is 2.53. The van der Waals surface area contributed by atoms with Crippen LogP contribution in [0.1, 0.15) is 24.8 Å². The summed E-state index contributed by atoms with van der Waals surface area (Å²) in [6.07, 6.45) is 3.56. The second-order valence-corrected chi connectivity index (χ2v) is 4.98. The SMILES string of the molecule is COc1ncc(Br)cc1C1(CC(=O)O)CC1. The number of hydrogen-bond acceptors (Lipinski definition) is 3. The Morgan fingerprint density at radius 3 is 2.88 bits per heavy atom. The molecule has 1 aliphatic carbocycles. The van der Waals surface area contributed by atoms with E-state index in [1.54, 1.807) is 13.3 Å². The number of rotatable bonds is 4. The number of carboxylic acids is 1. The zero-order valence-electron chi connectivity index (χ0n) is 8.86. The maximum atomic E-state index is 10.8. The quantitative estimate of drug-likeness (QED) is 0.923. The van der Waals surface area contributed by atoms with E-state index in [1.807, 2.05) is 6.07 Å². The van der Waals surface area contributed by atoms with Crippen LogP contribution in [0, 0.1) is 0 Å². The lowest BCUT2D eigenvalue weighted by molar-refractivity contribution is -0.137. The minimum atomic E-state index is -0.778. The summed E-state index contributed by atoms with van der Waals surface area (Å²) in [5, 5.41) is 8.91. The molecule has 1 fully saturated rings. The maximum Gasteiger partial charge on any atom is 0.304 e. The molecule has 0 spiro atoms. The first-order chi connectivity index (χ1) is 7.57. The summed E-state index contributed by atoms with van der Waals surface area (Å²) in [6.45, 7) is 0. The van der Waals surface area contributed by atoms with Gasteiger partial charge in [0.05, 0.1) is 13.5 Å². The molecule has 1 N–H and O–H groups in total. The van der Waals surface area contributed by atoms with Crippen LogP contribution in [0.15, 0.2) is 16.7 Å². The van der Waals surface area contributed by atoms with Gasteiger partial charge in [-0.2, -0.15) is 0 Å². The summed E-state index contributed by atoms with van der Waals surface area (Å²) in [7, 11) is 1.55. The van der Waals surface area contributed by atoms with E-state index in [9.17, 15) is 4.79 Å². The van der Waals surface area contributed by atoms with Gasteiger partial charge in [0.15, 0.2) is 0 Å². The van der Waals surface area contributed by atoms with Crippen molar-refractivity contribution in [1.29, 1.82) is 0 Å². The van der Waals surface area contributed by atoms with Crippen LogP contribution in [0.4, 0.5) is 0 Å². The molecule has 0 aromatic carbocycles. The Hall–Kier alpha value is -1.10. The van der Waals surface area contributed by atoms with Gasteiger partial charge in [-0.3, -0.25) is 4.79 Å². The number of methoxy groups -OCH3 is 1. The van der Waals surface area contributed by atoms with Crippen molar-refractivity contribution in [3.8, 4) is 5.88 Å². The number of aliphatic carboxylic acids is 1. The Balaban J connectivity index is 2.38. The highest BCUT2D eigenvalue weighted by atomic mass is 79.9. The van der Waals surface area contributed by atoms with Crippen molar-refractivity contribution in [2.75, 3.05) is 7.11 Å². The highest BCUT2D eigenvalue weighted by molar-refractivity contribution is 9.10. The number of nitrogens with zero attached hydrogens (tertiary/aromatic N) is 1. The fourth-order valence-corrected chi connectivity index (χ4v) is 2.28. The average Bonchev–Trinajstić information content (AvgIpc) is 2.98. The van der Waals surface area contributed by atoms with Gasteiger partial charge in [0, 0.05) is 21.6 Å². The van der Waals surface area contributed by atoms with Crippen LogP contribution < -0.4 is 4.74 Å². The van der Waals surface area contributed by atoms with E-state index in [1.165, 1.54) is 0 Å². The van der Waals surface area contributed by atoms with Gasteiger partial charge < -0.3 is 9.84 Å². The Labute approximate surface area is 102 Å². The van der Waals surface area contributed by atoms with E-state index in [-0.39, 0.29) is 11.8 Å². The first-order valence-electron chi connectivity index (χ1n) is 4.99. The molecular formula is C11H12BrNO3. The number of halogens is 1. The van der Waals surface area contributed by atoms with Crippen molar-refractivity contribution in [3.05, 3.63) is 22.3 Å². The van der Waals surface area contributed by atoms with E-state index in [4.69, 9.17) is 9.84 Å². The number of carbonyl (C=O) groups is 1. The van der Waals surface area contributed by atoms with Crippen LogP contribution in [0.25, 0.3) is 0 Å². The first kappa shape index (κ1) is 11.4. The first-order valence-corrected chi connectivity index (χ1v) is 5.78. The minimum Gasteiger partial charge on any atom is -0.481 e. The summed E-state index contributed by atoms with van der Waals surface area (Å²) in [6, 6.07) is 1.90. The van der Waals surface area contributed by atoms with Gasteiger partial charge in [0.25, 0.3) is 0 Å². The molecule has 2 rings (SSSR count). The number of hydrogen-bond donors (Lipinski definition) is 1. The lowest BCUT2D eigenvalue weighted by Gasteiger charge is -2.16. The van der Waals surface area contributed by atoms with Crippen molar-refractivity contribution in [3.63, 3.8) is 0 Å². The number of pyridine rings is 1. The van der Waals surface area contributed by atoms with Crippen molar-refractivity contribution < 1.29 is 14.6 Å². The fourth-order valence-electron chi connectivity index (χ4n) is 1.95. The number of carboxylic acid groups (broad SMARTS) is 1. The molecule has 16 heavy (non-hydrogen) atoms. The van der Waals surface area contributed by atoms with Crippen LogP contribution in [0.2, 0.25) is 0 Å². The number of ether oxygens (including phenoxy) is 1. The summed E-state index contributed by atoms with van der Waals surface area (Å²) in [5.41, 5.74) is 0.625. The molecule has 5 heteroatoms. The van der Waals surface area contributed by atoms with E-state index >= 15 is 0 Å². The lowest BCUT2D eigenvalue weighted by atomic mass is 9.93. The third-order valence-corrected chi connectivity index (χ3v) is 3.36. The van der Waals surface area contributed by atoms with E-state index in [0.29, 0.717) is 5.88 Å². The van der Waals surface area contributed by atoms with Crippen LogP contribution >= 0.6 is 15.9 Å². The molecule has 0 aliphatic heterocycles. The summed E-state index contributed by atoms with van der Waals surface area (Å²) in [5.74, 6) is -0.249. The highest BCUT2D eigenvalue weighted by Gasteiger charge is 2.48. The normalized spacial score (nSPS) is 16.9. The Morgan fingerprint density at radius 1 is 1.69 bits per heavy atom. The third kappa shape index (κ3) is 2.04. The summed E-state index contributed by atoms with van der Waals surface area (Å²) < 4.78 is 6.03. The zero-order chi connectivity index (χ0) is 11.8. The average molecular weight is 286 g/mol.